The Hall–Kier alpha value is -0.410. The molecule has 0 bridgehead atoms. The first kappa shape index (κ1) is 22.6. The van der Waals surface area contributed by atoms with Crippen molar-refractivity contribution in [2.45, 2.75) is 59.4 Å². The Kier molecular flexibility index (Phi) is 10.3. The summed E-state index contributed by atoms with van der Waals surface area (Å²) < 4.78 is 5.32. The average Bonchev–Trinajstić information content (AvgIpc) is 3.15. The van der Waals surface area contributed by atoms with Crippen molar-refractivity contribution in [3.8, 4) is 0 Å². The van der Waals surface area contributed by atoms with Crippen molar-refractivity contribution in [3.63, 3.8) is 0 Å². The van der Waals surface area contributed by atoms with E-state index in [1.54, 1.807) is 18.4 Å². The third-order valence-electron chi connectivity index (χ3n) is 4.86. The van der Waals surface area contributed by atoms with Crippen molar-refractivity contribution < 1.29 is 4.74 Å². The van der Waals surface area contributed by atoms with E-state index in [1.165, 1.54) is 30.6 Å². The van der Waals surface area contributed by atoms with E-state index in [1.807, 2.05) is 6.92 Å². The predicted octanol–water partition coefficient (Wildman–Crippen LogP) is 4.03. The fraction of sp³-hybridized carbons (Fsp3) is 0.778. The second-order valence-electron chi connectivity index (χ2n) is 6.74. The molecule has 0 saturated heterocycles. The summed E-state index contributed by atoms with van der Waals surface area (Å²) in [4.78, 5) is 10.5. The van der Waals surface area contributed by atoms with Crippen LogP contribution in [0, 0.1) is 19.3 Å². The van der Waals surface area contributed by atoms with Gasteiger partial charge in [0.15, 0.2) is 5.96 Å². The lowest BCUT2D eigenvalue weighted by atomic mass is 9.83. The van der Waals surface area contributed by atoms with Crippen LogP contribution in [-0.2, 0) is 11.3 Å². The van der Waals surface area contributed by atoms with E-state index in [0.717, 1.165) is 42.8 Å². The molecule has 0 unspecified atom stereocenters. The SMILES string of the molecule is CCNC(=NCc1sc(C)nc1C)NCC1(CCOC)CCCC1.I. The average molecular weight is 480 g/mol. The first-order valence-corrected chi connectivity index (χ1v) is 9.84. The monoisotopic (exact) mass is 480 g/mol. The second kappa shape index (κ2) is 11.3. The molecule has 1 aliphatic rings. The lowest BCUT2D eigenvalue weighted by Crippen LogP contribution is -2.43. The Morgan fingerprint density at radius 2 is 2.00 bits per heavy atom. The van der Waals surface area contributed by atoms with E-state index in [2.05, 4.69) is 29.5 Å². The topological polar surface area (TPSA) is 58.5 Å². The molecule has 0 spiro atoms. The van der Waals surface area contributed by atoms with E-state index in [-0.39, 0.29) is 24.0 Å². The van der Waals surface area contributed by atoms with Crippen LogP contribution in [0.15, 0.2) is 4.99 Å². The van der Waals surface area contributed by atoms with Crippen molar-refractivity contribution in [3.05, 3.63) is 15.6 Å². The van der Waals surface area contributed by atoms with Gasteiger partial charge in [-0.3, -0.25) is 0 Å². The number of aliphatic imine (C=N–C) groups is 1. The normalized spacial score (nSPS) is 16.6. The van der Waals surface area contributed by atoms with Gasteiger partial charge in [0.2, 0.25) is 0 Å². The predicted molar refractivity (Wildman–Crippen MR) is 117 cm³/mol. The largest absolute Gasteiger partial charge is 0.385 e. The number of guanidine groups is 1. The molecule has 25 heavy (non-hydrogen) atoms. The van der Waals surface area contributed by atoms with Crippen LogP contribution >= 0.6 is 35.3 Å². The van der Waals surface area contributed by atoms with Crippen molar-refractivity contribution in [2.75, 3.05) is 26.8 Å². The number of hydrogen-bond acceptors (Lipinski definition) is 4. The molecule has 1 heterocycles. The van der Waals surface area contributed by atoms with Gasteiger partial charge in [0.05, 0.1) is 17.2 Å². The van der Waals surface area contributed by atoms with Crippen LogP contribution in [0.5, 0.6) is 0 Å². The Bertz CT molecular complexity index is 541. The molecule has 144 valence electrons. The molecule has 1 aliphatic carbocycles. The molecular weight excluding hydrogens is 447 g/mol. The summed E-state index contributed by atoms with van der Waals surface area (Å²) in [6.45, 7) is 9.60. The smallest absolute Gasteiger partial charge is 0.191 e. The molecule has 2 rings (SSSR count). The van der Waals surface area contributed by atoms with Gasteiger partial charge < -0.3 is 15.4 Å². The van der Waals surface area contributed by atoms with Crippen LogP contribution in [0.4, 0.5) is 0 Å². The number of ether oxygens (including phenoxy) is 1. The van der Waals surface area contributed by atoms with E-state index >= 15 is 0 Å². The lowest BCUT2D eigenvalue weighted by Gasteiger charge is -2.30. The van der Waals surface area contributed by atoms with E-state index in [0.29, 0.717) is 12.0 Å². The molecule has 1 aromatic heterocycles. The molecule has 2 N–H and O–H groups in total. The minimum absolute atomic E-state index is 0. The number of nitrogens with one attached hydrogen (secondary N) is 2. The molecule has 0 radical (unpaired) electrons. The third-order valence-corrected chi connectivity index (χ3v) is 5.91. The van der Waals surface area contributed by atoms with Crippen LogP contribution < -0.4 is 10.6 Å². The number of methoxy groups -OCH3 is 1. The Balaban J connectivity index is 0.00000312. The fourth-order valence-corrected chi connectivity index (χ4v) is 4.30. The highest BCUT2D eigenvalue weighted by Gasteiger charge is 2.33. The number of halogens is 1. The number of thiazole rings is 1. The number of hydrogen-bond donors (Lipinski definition) is 2. The number of rotatable bonds is 8. The summed E-state index contributed by atoms with van der Waals surface area (Å²) in [7, 11) is 1.79. The standard InChI is InChI=1S/C18H32N4OS.HI/c1-5-19-17(20-12-16-14(2)22-15(3)24-16)21-13-18(10-11-23-4)8-6-7-9-18;/h5-13H2,1-4H3,(H2,19,20,21);1H. The maximum absolute atomic E-state index is 5.32. The summed E-state index contributed by atoms with van der Waals surface area (Å²) >= 11 is 1.74. The molecule has 0 aliphatic heterocycles. The van der Waals surface area contributed by atoms with Gasteiger partial charge >= 0.3 is 0 Å². The molecule has 0 atom stereocenters. The van der Waals surface area contributed by atoms with Gasteiger partial charge in [-0.15, -0.1) is 35.3 Å². The Morgan fingerprint density at radius 3 is 2.56 bits per heavy atom. The van der Waals surface area contributed by atoms with Crippen LogP contribution in [0.2, 0.25) is 0 Å². The molecular formula is C18H33IN4OS. The number of nitrogens with zero attached hydrogens (tertiary/aromatic N) is 2. The maximum Gasteiger partial charge on any atom is 0.191 e. The van der Waals surface area contributed by atoms with E-state index in [9.17, 15) is 0 Å². The van der Waals surface area contributed by atoms with Gasteiger partial charge in [0.1, 0.15) is 0 Å². The van der Waals surface area contributed by atoms with Crippen molar-refractivity contribution in [1.82, 2.24) is 15.6 Å². The van der Waals surface area contributed by atoms with Gasteiger partial charge in [0.25, 0.3) is 0 Å². The molecule has 7 heteroatoms. The first-order chi connectivity index (χ1) is 11.6. The molecule has 0 amide bonds. The minimum Gasteiger partial charge on any atom is -0.385 e. The molecule has 1 saturated carbocycles. The van der Waals surface area contributed by atoms with Gasteiger partial charge in [-0.2, -0.15) is 0 Å². The van der Waals surface area contributed by atoms with E-state index in [4.69, 9.17) is 9.73 Å². The van der Waals surface area contributed by atoms with E-state index < -0.39 is 0 Å². The van der Waals surface area contributed by atoms with Crippen LogP contribution in [0.1, 0.15) is 54.6 Å². The highest BCUT2D eigenvalue weighted by molar-refractivity contribution is 14.0. The number of aromatic nitrogens is 1. The highest BCUT2D eigenvalue weighted by Crippen LogP contribution is 2.40. The van der Waals surface area contributed by atoms with Crippen molar-refractivity contribution >= 4 is 41.3 Å². The van der Waals surface area contributed by atoms with Crippen molar-refractivity contribution in [1.29, 1.82) is 0 Å². The maximum atomic E-state index is 5.32. The molecule has 1 fully saturated rings. The summed E-state index contributed by atoms with van der Waals surface area (Å²) in [6.07, 6.45) is 6.37. The summed E-state index contributed by atoms with van der Waals surface area (Å²) in [6, 6.07) is 0. The zero-order valence-corrected chi connectivity index (χ0v) is 19.1. The van der Waals surface area contributed by atoms with Gasteiger partial charge in [-0.05, 0) is 45.4 Å². The number of aryl methyl sites for hydroxylation is 2. The summed E-state index contributed by atoms with van der Waals surface area (Å²) in [5.74, 6) is 0.909. The van der Waals surface area contributed by atoms with Crippen LogP contribution in [0.3, 0.4) is 0 Å². The third kappa shape index (κ3) is 7.02. The summed E-state index contributed by atoms with van der Waals surface area (Å²) in [5, 5.41) is 8.06. The van der Waals surface area contributed by atoms with Crippen LogP contribution in [-0.4, -0.2) is 37.7 Å². The summed E-state index contributed by atoms with van der Waals surface area (Å²) in [5.41, 5.74) is 1.47. The molecule has 1 aromatic rings. The Labute approximate surface area is 173 Å². The van der Waals surface area contributed by atoms with Gasteiger partial charge in [-0.1, -0.05) is 12.8 Å². The molecule has 5 nitrogen and oxygen atoms in total. The van der Waals surface area contributed by atoms with Crippen LogP contribution in [0.25, 0.3) is 0 Å². The quantitative estimate of drug-likeness (QED) is 0.335. The van der Waals surface area contributed by atoms with Gasteiger partial charge in [0, 0.05) is 31.7 Å². The zero-order valence-electron chi connectivity index (χ0n) is 16.0. The lowest BCUT2D eigenvalue weighted by molar-refractivity contribution is 0.138. The Morgan fingerprint density at radius 1 is 1.28 bits per heavy atom. The fourth-order valence-electron chi connectivity index (χ4n) is 3.44. The second-order valence-corrected chi connectivity index (χ2v) is 8.03. The molecule has 0 aromatic carbocycles. The zero-order chi connectivity index (χ0) is 17.4. The minimum atomic E-state index is 0. The first-order valence-electron chi connectivity index (χ1n) is 9.02. The van der Waals surface area contributed by atoms with Crippen molar-refractivity contribution in [2.24, 2.45) is 10.4 Å². The highest BCUT2D eigenvalue weighted by atomic mass is 127. The van der Waals surface area contributed by atoms with Gasteiger partial charge in [-0.25, -0.2) is 9.98 Å².